The van der Waals surface area contributed by atoms with Crippen molar-refractivity contribution in [1.29, 1.82) is 0 Å². The Kier molecular flexibility index (Phi) is 3.93. The number of H-pyrrole nitrogens is 1. The van der Waals surface area contributed by atoms with Gasteiger partial charge < -0.3 is 4.90 Å². The molecule has 0 radical (unpaired) electrons. The van der Waals surface area contributed by atoms with E-state index in [1.54, 1.807) is 0 Å². The minimum absolute atomic E-state index is 0.793. The fourth-order valence-corrected chi connectivity index (χ4v) is 3.28. The van der Waals surface area contributed by atoms with Crippen LogP contribution in [0.25, 0.3) is 10.9 Å². The van der Waals surface area contributed by atoms with E-state index in [4.69, 9.17) is 11.6 Å². The predicted octanol–water partition coefficient (Wildman–Crippen LogP) is 3.54. The molecule has 1 aliphatic heterocycles. The molecular weight excluding hydrogens is 308 g/mol. The molecule has 0 spiro atoms. The second kappa shape index (κ2) is 6.22. The first-order valence-electron chi connectivity index (χ1n) is 7.93. The first-order chi connectivity index (χ1) is 11.3. The normalized spacial score (nSPS) is 16.1. The molecule has 2 aromatic carbocycles. The minimum Gasteiger partial charge on any atom is -0.369 e. The van der Waals surface area contributed by atoms with Crippen LogP contribution in [0.1, 0.15) is 5.56 Å². The quantitative estimate of drug-likeness (QED) is 0.799. The third-order valence-electron chi connectivity index (χ3n) is 4.48. The number of hydrogen-bond acceptors (Lipinski definition) is 3. The van der Waals surface area contributed by atoms with Crippen LogP contribution in [-0.2, 0) is 6.54 Å². The van der Waals surface area contributed by atoms with Crippen LogP contribution in [0, 0.1) is 0 Å². The van der Waals surface area contributed by atoms with E-state index in [1.807, 2.05) is 18.3 Å². The molecule has 1 saturated heterocycles. The van der Waals surface area contributed by atoms with Gasteiger partial charge in [-0.05, 0) is 35.9 Å². The van der Waals surface area contributed by atoms with Crippen LogP contribution in [-0.4, -0.2) is 41.3 Å². The van der Waals surface area contributed by atoms with E-state index in [2.05, 4.69) is 50.3 Å². The summed E-state index contributed by atoms with van der Waals surface area (Å²) in [5, 5.41) is 9.09. The van der Waals surface area contributed by atoms with E-state index >= 15 is 0 Å². The number of rotatable bonds is 3. The molecule has 0 amide bonds. The summed E-state index contributed by atoms with van der Waals surface area (Å²) < 4.78 is 0. The molecule has 0 bridgehead atoms. The van der Waals surface area contributed by atoms with Crippen LogP contribution < -0.4 is 4.90 Å². The summed E-state index contributed by atoms with van der Waals surface area (Å²) in [7, 11) is 0. The molecule has 1 fully saturated rings. The van der Waals surface area contributed by atoms with Gasteiger partial charge >= 0.3 is 0 Å². The van der Waals surface area contributed by atoms with E-state index < -0.39 is 0 Å². The van der Waals surface area contributed by atoms with E-state index in [0.717, 1.165) is 43.3 Å². The largest absolute Gasteiger partial charge is 0.369 e. The Labute approximate surface area is 140 Å². The molecular formula is C18H19ClN4. The molecule has 0 aliphatic carbocycles. The lowest BCUT2D eigenvalue weighted by Gasteiger charge is -2.36. The van der Waals surface area contributed by atoms with Crippen molar-refractivity contribution in [3.63, 3.8) is 0 Å². The van der Waals surface area contributed by atoms with Gasteiger partial charge in [0, 0.05) is 48.8 Å². The van der Waals surface area contributed by atoms with Gasteiger partial charge in [-0.1, -0.05) is 23.7 Å². The Hall–Kier alpha value is -2.04. The maximum Gasteiger partial charge on any atom is 0.0653 e. The van der Waals surface area contributed by atoms with Crippen LogP contribution in [0.2, 0.25) is 5.02 Å². The van der Waals surface area contributed by atoms with Crippen molar-refractivity contribution in [1.82, 2.24) is 15.1 Å². The molecule has 0 unspecified atom stereocenters. The Bertz CT molecular complexity index is 788. The van der Waals surface area contributed by atoms with Gasteiger partial charge in [-0.25, -0.2) is 0 Å². The fraction of sp³-hybridized carbons (Fsp3) is 0.278. The average molecular weight is 327 g/mol. The van der Waals surface area contributed by atoms with Crippen molar-refractivity contribution in [2.45, 2.75) is 6.54 Å². The van der Waals surface area contributed by atoms with E-state index in [1.165, 1.54) is 16.6 Å². The summed E-state index contributed by atoms with van der Waals surface area (Å²) in [6, 6.07) is 14.7. The number of aromatic nitrogens is 2. The third kappa shape index (κ3) is 3.19. The van der Waals surface area contributed by atoms with E-state index in [-0.39, 0.29) is 0 Å². The predicted molar refractivity (Wildman–Crippen MR) is 95.0 cm³/mol. The maximum absolute atomic E-state index is 5.96. The van der Waals surface area contributed by atoms with Crippen LogP contribution >= 0.6 is 11.6 Å². The highest BCUT2D eigenvalue weighted by molar-refractivity contribution is 6.30. The molecule has 118 valence electrons. The number of anilines is 1. The third-order valence-corrected chi connectivity index (χ3v) is 4.73. The van der Waals surface area contributed by atoms with Crippen LogP contribution in [0.3, 0.4) is 0 Å². The number of hydrogen-bond donors (Lipinski definition) is 1. The molecule has 3 aromatic rings. The standard InChI is InChI=1S/C18H19ClN4/c19-16-3-5-17(6-4-16)23-9-7-22(8-10-23)13-14-1-2-15-12-20-21-18(15)11-14/h1-6,11-12H,7-10,13H2,(H,20,21). The zero-order chi connectivity index (χ0) is 15.6. The lowest BCUT2D eigenvalue weighted by molar-refractivity contribution is 0.250. The highest BCUT2D eigenvalue weighted by Crippen LogP contribution is 2.20. The van der Waals surface area contributed by atoms with Crippen LogP contribution in [0.15, 0.2) is 48.7 Å². The second-order valence-electron chi connectivity index (χ2n) is 6.03. The van der Waals surface area contributed by atoms with Crippen LogP contribution in [0.5, 0.6) is 0 Å². The number of benzene rings is 2. The Morgan fingerprint density at radius 3 is 2.57 bits per heavy atom. The summed E-state index contributed by atoms with van der Waals surface area (Å²) in [6.07, 6.45) is 1.87. The van der Waals surface area contributed by atoms with Gasteiger partial charge in [0.1, 0.15) is 0 Å². The van der Waals surface area contributed by atoms with Gasteiger partial charge in [-0.15, -0.1) is 0 Å². The monoisotopic (exact) mass is 326 g/mol. The summed E-state index contributed by atoms with van der Waals surface area (Å²) in [4.78, 5) is 4.93. The lowest BCUT2D eigenvalue weighted by Crippen LogP contribution is -2.45. The lowest BCUT2D eigenvalue weighted by atomic mass is 10.1. The van der Waals surface area contributed by atoms with Crippen molar-refractivity contribution < 1.29 is 0 Å². The number of halogens is 1. The molecule has 1 aliphatic rings. The van der Waals surface area contributed by atoms with Gasteiger partial charge in [0.05, 0.1) is 11.7 Å². The summed E-state index contributed by atoms with van der Waals surface area (Å²) in [5.41, 5.74) is 3.71. The first-order valence-corrected chi connectivity index (χ1v) is 8.31. The fourth-order valence-electron chi connectivity index (χ4n) is 3.16. The molecule has 1 N–H and O–H groups in total. The molecule has 1 aromatic heterocycles. The zero-order valence-corrected chi connectivity index (χ0v) is 13.6. The van der Waals surface area contributed by atoms with Crippen molar-refractivity contribution >= 4 is 28.2 Å². The molecule has 4 nitrogen and oxygen atoms in total. The van der Waals surface area contributed by atoms with E-state index in [9.17, 15) is 0 Å². The Balaban J connectivity index is 1.38. The molecule has 0 atom stereocenters. The number of piperazine rings is 1. The molecule has 0 saturated carbocycles. The minimum atomic E-state index is 0.793. The van der Waals surface area contributed by atoms with E-state index in [0.29, 0.717) is 0 Å². The summed E-state index contributed by atoms with van der Waals surface area (Å²) in [6.45, 7) is 5.23. The maximum atomic E-state index is 5.96. The van der Waals surface area contributed by atoms with Crippen molar-refractivity contribution in [2.75, 3.05) is 31.1 Å². The highest BCUT2D eigenvalue weighted by atomic mass is 35.5. The second-order valence-corrected chi connectivity index (χ2v) is 6.47. The zero-order valence-electron chi connectivity index (χ0n) is 12.9. The smallest absolute Gasteiger partial charge is 0.0653 e. The van der Waals surface area contributed by atoms with Crippen molar-refractivity contribution in [3.05, 3.63) is 59.2 Å². The van der Waals surface area contributed by atoms with Crippen molar-refractivity contribution in [2.24, 2.45) is 0 Å². The van der Waals surface area contributed by atoms with Gasteiger partial charge in [0.25, 0.3) is 0 Å². The number of fused-ring (bicyclic) bond motifs is 1. The molecule has 4 rings (SSSR count). The molecule has 2 heterocycles. The van der Waals surface area contributed by atoms with Crippen molar-refractivity contribution in [3.8, 4) is 0 Å². The van der Waals surface area contributed by atoms with Gasteiger partial charge in [0.2, 0.25) is 0 Å². The Morgan fingerprint density at radius 1 is 1.00 bits per heavy atom. The molecule has 5 heteroatoms. The Morgan fingerprint density at radius 2 is 1.78 bits per heavy atom. The van der Waals surface area contributed by atoms with Gasteiger partial charge in [-0.3, -0.25) is 10.00 Å². The van der Waals surface area contributed by atoms with Crippen LogP contribution in [0.4, 0.5) is 5.69 Å². The SMILES string of the molecule is Clc1ccc(N2CCN(Cc3ccc4cn[nH]c4c3)CC2)cc1. The molecule has 23 heavy (non-hydrogen) atoms. The summed E-state index contributed by atoms with van der Waals surface area (Å²) >= 11 is 5.96. The van der Waals surface area contributed by atoms with Gasteiger partial charge in [0.15, 0.2) is 0 Å². The number of nitrogens with zero attached hydrogens (tertiary/aromatic N) is 3. The highest BCUT2D eigenvalue weighted by Gasteiger charge is 2.17. The first kappa shape index (κ1) is 14.5. The number of nitrogens with one attached hydrogen (secondary N) is 1. The van der Waals surface area contributed by atoms with Gasteiger partial charge in [-0.2, -0.15) is 5.10 Å². The average Bonchev–Trinajstić information content (AvgIpc) is 3.04. The number of aromatic amines is 1. The summed E-state index contributed by atoms with van der Waals surface area (Å²) in [5.74, 6) is 0. The topological polar surface area (TPSA) is 35.2 Å².